The monoisotopic (exact) mass is 507 g/mol. The molecule has 1 aliphatic heterocycles. The van der Waals surface area contributed by atoms with Gasteiger partial charge in [-0.3, -0.25) is 4.79 Å². The zero-order valence-corrected chi connectivity index (χ0v) is 21.1. The summed E-state index contributed by atoms with van der Waals surface area (Å²) in [6, 6.07) is 2.59. The van der Waals surface area contributed by atoms with Crippen molar-refractivity contribution >= 4 is 27.8 Å². The molecule has 2 amide bonds. The van der Waals surface area contributed by atoms with Crippen LogP contribution in [0.5, 0.6) is 0 Å². The van der Waals surface area contributed by atoms with Gasteiger partial charge in [-0.2, -0.15) is 8.42 Å². The number of urea groups is 1. The third kappa shape index (κ3) is 4.91. The molecule has 1 aromatic carbocycles. The first kappa shape index (κ1) is 24.5. The van der Waals surface area contributed by atoms with Gasteiger partial charge >= 0.3 is 22.1 Å². The number of hydrogen-bond donors (Lipinski definition) is 3. The van der Waals surface area contributed by atoms with Gasteiger partial charge in [0.15, 0.2) is 0 Å². The summed E-state index contributed by atoms with van der Waals surface area (Å²) in [7, 11) is -4.47. The number of rotatable bonds is 5. The van der Waals surface area contributed by atoms with E-state index in [1.807, 2.05) is 0 Å². The molecular weight excluding hydrogens is 473 g/mol. The highest BCUT2D eigenvalue weighted by Crippen LogP contribution is 2.66. The number of piperidine rings is 1. The van der Waals surface area contributed by atoms with E-state index in [1.165, 1.54) is 25.3 Å². The Bertz CT molecular complexity index is 1130. The van der Waals surface area contributed by atoms with Gasteiger partial charge in [0.05, 0.1) is 11.6 Å². The van der Waals surface area contributed by atoms with Crippen LogP contribution in [-0.4, -0.2) is 39.0 Å². The van der Waals surface area contributed by atoms with Crippen molar-refractivity contribution in [3.63, 3.8) is 0 Å². The van der Waals surface area contributed by atoms with E-state index in [2.05, 4.69) is 29.8 Å². The quantitative estimate of drug-likeness (QED) is 0.521. The van der Waals surface area contributed by atoms with Gasteiger partial charge < -0.3 is 20.1 Å². The molecule has 5 atom stereocenters. The molecule has 3 N–H and O–H groups in total. The molecule has 192 valence electrons. The molecule has 0 radical (unpaired) electrons. The van der Waals surface area contributed by atoms with Crippen molar-refractivity contribution in [3.05, 3.63) is 24.0 Å². The van der Waals surface area contributed by atoms with Gasteiger partial charge in [0.25, 0.3) is 0 Å². The van der Waals surface area contributed by atoms with Crippen LogP contribution in [0, 0.1) is 28.5 Å². The second kappa shape index (κ2) is 8.44. The fraction of sp³-hybridized carbons (Fsp3) is 0.680. The van der Waals surface area contributed by atoms with Crippen LogP contribution >= 0.6 is 0 Å². The molecule has 10 heteroatoms. The predicted molar refractivity (Wildman–Crippen MR) is 128 cm³/mol. The molecule has 5 aliphatic rings. The van der Waals surface area contributed by atoms with Gasteiger partial charge in [-0.05, 0) is 92.9 Å². The zero-order chi connectivity index (χ0) is 25.1. The second-order valence-corrected chi connectivity index (χ2v) is 13.6. The number of hydrogen-bond acceptors (Lipinski definition) is 6. The van der Waals surface area contributed by atoms with E-state index in [0.717, 1.165) is 44.4 Å². The topological polar surface area (TPSA) is 114 Å². The molecule has 5 fully saturated rings. The van der Waals surface area contributed by atoms with Gasteiger partial charge in [0.1, 0.15) is 10.7 Å². The van der Waals surface area contributed by atoms with Crippen molar-refractivity contribution in [3.8, 4) is 0 Å². The van der Waals surface area contributed by atoms with Crippen molar-refractivity contribution in [1.29, 1.82) is 0 Å². The minimum absolute atomic E-state index is 0.133. The first-order chi connectivity index (χ1) is 16.4. The van der Waals surface area contributed by atoms with Crippen LogP contribution in [0.1, 0.15) is 65.2 Å². The highest BCUT2D eigenvalue weighted by molar-refractivity contribution is 7.87. The van der Waals surface area contributed by atoms with Crippen LogP contribution < -0.4 is 16.0 Å². The zero-order valence-electron chi connectivity index (χ0n) is 20.3. The Morgan fingerprint density at radius 2 is 1.83 bits per heavy atom. The summed E-state index contributed by atoms with van der Waals surface area (Å²) < 4.78 is 44.6. The molecular formula is C25H34FN3O5S. The Hall–Kier alpha value is -2.20. The lowest BCUT2D eigenvalue weighted by molar-refractivity contribution is -0.138. The van der Waals surface area contributed by atoms with Gasteiger partial charge in [0, 0.05) is 12.1 Å². The molecule has 35 heavy (non-hydrogen) atoms. The lowest BCUT2D eigenvalue weighted by Crippen LogP contribution is -2.65. The lowest BCUT2D eigenvalue weighted by atomic mass is 9.43. The number of halogens is 1. The first-order valence-electron chi connectivity index (χ1n) is 12.5. The molecule has 4 aliphatic carbocycles. The van der Waals surface area contributed by atoms with E-state index in [9.17, 15) is 22.4 Å². The van der Waals surface area contributed by atoms with Crippen LogP contribution in [0.15, 0.2) is 23.1 Å². The van der Waals surface area contributed by atoms with Crippen molar-refractivity contribution < 1.29 is 26.6 Å². The Morgan fingerprint density at radius 3 is 2.43 bits per heavy atom. The molecule has 8 nitrogen and oxygen atoms in total. The minimum atomic E-state index is -4.47. The van der Waals surface area contributed by atoms with Gasteiger partial charge in [-0.1, -0.05) is 13.8 Å². The van der Waals surface area contributed by atoms with Crippen LogP contribution in [0.2, 0.25) is 0 Å². The average molecular weight is 508 g/mol. The summed E-state index contributed by atoms with van der Waals surface area (Å²) in [5.41, 5.74) is 0.00255. The molecule has 4 saturated carbocycles. The van der Waals surface area contributed by atoms with Crippen LogP contribution in [0.25, 0.3) is 0 Å². The Kier molecular flexibility index (Phi) is 5.90. The first-order valence-corrected chi connectivity index (χ1v) is 13.9. The number of amides is 2. The molecule has 3 unspecified atom stereocenters. The van der Waals surface area contributed by atoms with Gasteiger partial charge in [-0.15, -0.1) is 0 Å². The number of anilines is 1. The summed E-state index contributed by atoms with van der Waals surface area (Å²) in [5.74, 6) is -1.73. The van der Waals surface area contributed by atoms with Crippen LogP contribution in [0.3, 0.4) is 0 Å². The fourth-order valence-electron chi connectivity index (χ4n) is 8.01. The van der Waals surface area contributed by atoms with E-state index in [1.54, 1.807) is 0 Å². The van der Waals surface area contributed by atoms with Crippen LogP contribution in [-0.2, 0) is 19.1 Å². The largest absolute Gasteiger partial charge is 0.342 e. The maximum atomic E-state index is 14.8. The number of nitrogens with one attached hydrogen (secondary N) is 3. The highest BCUT2D eigenvalue weighted by Gasteiger charge is 2.60. The third-order valence-corrected chi connectivity index (χ3v) is 9.52. The Balaban J connectivity index is 1.24. The normalized spacial score (nSPS) is 36.0. The van der Waals surface area contributed by atoms with E-state index in [-0.39, 0.29) is 22.1 Å². The van der Waals surface area contributed by atoms with E-state index >= 15 is 0 Å². The fourth-order valence-corrected chi connectivity index (χ4v) is 8.94. The molecule has 0 spiro atoms. The third-order valence-electron chi connectivity index (χ3n) is 8.30. The molecule has 1 saturated heterocycles. The minimum Gasteiger partial charge on any atom is -0.342 e. The SMILES string of the molecule is C[C@]12CC3CC(NC(=O)Nc4ccc(S(=O)(=O)OC(=O)C5CCCNC5)cc4F)(C1)C[C@@](C)(C3)C2. The van der Waals surface area contributed by atoms with Crippen molar-refractivity contribution in [1.82, 2.24) is 10.6 Å². The maximum Gasteiger partial charge on any atom is 0.341 e. The van der Waals surface area contributed by atoms with E-state index in [0.29, 0.717) is 18.9 Å². The van der Waals surface area contributed by atoms with Gasteiger partial charge in [0.2, 0.25) is 0 Å². The van der Waals surface area contributed by atoms with Crippen molar-refractivity contribution in [2.75, 3.05) is 18.4 Å². The van der Waals surface area contributed by atoms with E-state index in [4.69, 9.17) is 4.18 Å². The summed E-state index contributed by atoms with van der Waals surface area (Å²) in [5, 5.41) is 8.72. The van der Waals surface area contributed by atoms with Crippen molar-refractivity contribution in [2.24, 2.45) is 22.7 Å². The number of benzene rings is 1. The molecule has 0 aromatic heterocycles. The van der Waals surface area contributed by atoms with Crippen LogP contribution in [0.4, 0.5) is 14.9 Å². The molecule has 1 heterocycles. The maximum absolute atomic E-state index is 14.8. The molecule has 1 aromatic rings. The summed E-state index contributed by atoms with van der Waals surface area (Å²) in [4.78, 5) is 24.6. The summed E-state index contributed by atoms with van der Waals surface area (Å²) in [6.07, 6.45) is 7.62. The van der Waals surface area contributed by atoms with E-state index < -0.39 is 38.7 Å². The second-order valence-electron chi connectivity index (χ2n) is 12.0. The Morgan fingerprint density at radius 1 is 1.11 bits per heavy atom. The molecule has 4 bridgehead atoms. The summed E-state index contributed by atoms with van der Waals surface area (Å²) in [6.45, 7) is 5.73. The number of carbonyl (C=O) groups is 2. The molecule has 6 rings (SSSR count). The predicted octanol–water partition coefficient (Wildman–Crippen LogP) is 3.93. The Labute approximate surface area is 205 Å². The summed E-state index contributed by atoms with van der Waals surface area (Å²) >= 11 is 0. The number of carbonyl (C=O) groups excluding carboxylic acids is 2. The van der Waals surface area contributed by atoms with Gasteiger partial charge in [-0.25, -0.2) is 9.18 Å². The average Bonchev–Trinajstić information content (AvgIpc) is 2.72. The lowest BCUT2D eigenvalue weighted by Gasteiger charge is -2.65. The van der Waals surface area contributed by atoms with Crippen molar-refractivity contribution in [2.45, 2.75) is 75.6 Å². The standard InChI is InChI=1S/C25H34FN3O5S/c1-23-9-16-10-24(2,13-23)15-25(11-16,14-23)29-22(31)28-20-6-5-18(8-19(20)26)35(32,33)34-21(30)17-4-3-7-27-12-17/h5-6,8,16-17,27H,3-4,7,9-15H2,1-2H3,(H2,28,29,31)/t16?,17?,23-,24+,25?. The highest BCUT2D eigenvalue weighted by atomic mass is 32.2. The smallest absolute Gasteiger partial charge is 0.341 e.